The Bertz CT molecular complexity index is 1160. The molecule has 9 heteroatoms. The van der Waals surface area contributed by atoms with E-state index in [9.17, 15) is 14.4 Å². The van der Waals surface area contributed by atoms with Crippen LogP contribution in [-0.2, 0) is 24.9 Å². The molecule has 0 unspecified atom stereocenters. The van der Waals surface area contributed by atoms with Gasteiger partial charge >= 0.3 is 11.7 Å². The molecular weight excluding hydrogens is 364 g/mol. The summed E-state index contributed by atoms with van der Waals surface area (Å²) < 4.78 is 13.9. The second-order valence-corrected chi connectivity index (χ2v) is 6.81. The number of ether oxygens (including phenoxy) is 1. The van der Waals surface area contributed by atoms with Gasteiger partial charge in [-0.3, -0.25) is 14.3 Å². The molecule has 0 aliphatic rings. The van der Waals surface area contributed by atoms with Crippen LogP contribution in [0, 0.1) is 20.8 Å². The highest BCUT2D eigenvalue weighted by Crippen LogP contribution is 2.22. The standard InChI is InChI=1S/C19H24N4O5/c1-6-7-8-23-16-15(17(24)21-19(23)26)22(5)13(20-16)9-27-18(25)14-10(2)11(3)28-12(14)4/h6-9H2,1-5H3,(H,21,24,26). The monoisotopic (exact) mass is 388 g/mol. The smallest absolute Gasteiger partial charge is 0.342 e. The number of hydrogen-bond donors (Lipinski definition) is 1. The van der Waals surface area contributed by atoms with Crippen molar-refractivity contribution in [3.63, 3.8) is 0 Å². The van der Waals surface area contributed by atoms with Gasteiger partial charge in [-0.05, 0) is 27.2 Å². The maximum absolute atomic E-state index is 12.5. The lowest BCUT2D eigenvalue weighted by Crippen LogP contribution is -2.31. The molecule has 0 aliphatic heterocycles. The minimum Gasteiger partial charge on any atom is -0.465 e. The SMILES string of the molecule is CCCCn1c(=O)[nH]c(=O)c2c1nc(COC(=O)c1c(C)oc(C)c1C)n2C. The van der Waals surface area contributed by atoms with E-state index in [0.29, 0.717) is 35.1 Å². The average Bonchev–Trinajstić information content (AvgIpc) is 3.09. The van der Waals surface area contributed by atoms with Crippen LogP contribution in [0.2, 0.25) is 0 Å². The van der Waals surface area contributed by atoms with E-state index in [2.05, 4.69) is 9.97 Å². The van der Waals surface area contributed by atoms with E-state index in [4.69, 9.17) is 9.15 Å². The van der Waals surface area contributed by atoms with E-state index >= 15 is 0 Å². The zero-order chi connectivity index (χ0) is 20.6. The van der Waals surface area contributed by atoms with Gasteiger partial charge in [0.15, 0.2) is 11.2 Å². The van der Waals surface area contributed by atoms with Crippen molar-refractivity contribution in [2.75, 3.05) is 0 Å². The third-order valence-corrected chi connectivity index (χ3v) is 4.94. The Kier molecular flexibility index (Phi) is 5.26. The summed E-state index contributed by atoms with van der Waals surface area (Å²) in [7, 11) is 1.65. The van der Waals surface area contributed by atoms with Crippen molar-refractivity contribution in [1.29, 1.82) is 0 Å². The van der Waals surface area contributed by atoms with Gasteiger partial charge in [0.1, 0.15) is 29.5 Å². The van der Waals surface area contributed by atoms with E-state index in [1.807, 2.05) is 6.92 Å². The summed E-state index contributed by atoms with van der Waals surface area (Å²) in [6.45, 7) is 7.62. The number of carbonyl (C=O) groups is 1. The third kappa shape index (κ3) is 3.28. The molecule has 0 aliphatic carbocycles. The number of H-pyrrole nitrogens is 1. The highest BCUT2D eigenvalue weighted by molar-refractivity contribution is 5.92. The Morgan fingerprint density at radius 2 is 1.93 bits per heavy atom. The molecule has 0 amide bonds. The third-order valence-electron chi connectivity index (χ3n) is 4.94. The maximum atomic E-state index is 12.5. The normalized spacial score (nSPS) is 11.3. The number of fused-ring (bicyclic) bond motifs is 1. The Morgan fingerprint density at radius 3 is 2.54 bits per heavy atom. The molecule has 150 valence electrons. The molecule has 0 radical (unpaired) electrons. The molecule has 1 N–H and O–H groups in total. The lowest BCUT2D eigenvalue weighted by atomic mass is 10.1. The molecule has 3 aromatic rings. The van der Waals surface area contributed by atoms with Gasteiger partial charge in [0.25, 0.3) is 5.56 Å². The van der Waals surface area contributed by atoms with Crippen molar-refractivity contribution in [2.45, 2.75) is 53.7 Å². The van der Waals surface area contributed by atoms with Gasteiger partial charge in [-0.25, -0.2) is 14.6 Å². The number of aromatic nitrogens is 4. The molecule has 3 aromatic heterocycles. The zero-order valence-electron chi connectivity index (χ0n) is 16.7. The van der Waals surface area contributed by atoms with Crippen molar-refractivity contribution in [2.24, 2.45) is 7.05 Å². The van der Waals surface area contributed by atoms with Crippen LogP contribution in [0.1, 0.15) is 53.0 Å². The number of rotatable bonds is 6. The van der Waals surface area contributed by atoms with E-state index in [1.165, 1.54) is 4.57 Å². The first-order chi connectivity index (χ1) is 13.3. The second kappa shape index (κ2) is 7.49. The fraction of sp³-hybridized carbons (Fsp3) is 0.474. The largest absolute Gasteiger partial charge is 0.465 e. The molecule has 0 fully saturated rings. The van der Waals surface area contributed by atoms with E-state index < -0.39 is 17.2 Å². The minimum atomic E-state index is -0.517. The van der Waals surface area contributed by atoms with Crippen LogP contribution in [0.5, 0.6) is 0 Å². The van der Waals surface area contributed by atoms with Crippen molar-refractivity contribution in [3.8, 4) is 0 Å². The second-order valence-electron chi connectivity index (χ2n) is 6.81. The first-order valence-electron chi connectivity index (χ1n) is 9.18. The van der Waals surface area contributed by atoms with Crippen molar-refractivity contribution < 1.29 is 13.9 Å². The van der Waals surface area contributed by atoms with Gasteiger partial charge in [-0.2, -0.15) is 0 Å². The number of esters is 1. The summed E-state index contributed by atoms with van der Waals surface area (Å²) in [5, 5.41) is 0. The van der Waals surface area contributed by atoms with Crippen LogP contribution in [0.15, 0.2) is 14.0 Å². The predicted octanol–water partition coefficient (Wildman–Crippen LogP) is 2.10. The lowest BCUT2D eigenvalue weighted by Gasteiger charge is -2.05. The maximum Gasteiger partial charge on any atom is 0.342 e. The van der Waals surface area contributed by atoms with Gasteiger partial charge in [0.05, 0.1) is 0 Å². The molecular formula is C19H24N4O5. The van der Waals surface area contributed by atoms with Crippen molar-refractivity contribution in [1.82, 2.24) is 19.1 Å². The van der Waals surface area contributed by atoms with Crippen LogP contribution in [0.25, 0.3) is 11.2 Å². The van der Waals surface area contributed by atoms with E-state index in [0.717, 1.165) is 18.4 Å². The fourth-order valence-electron chi connectivity index (χ4n) is 3.24. The summed E-state index contributed by atoms with van der Waals surface area (Å²) >= 11 is 0. The number of furan rings is 1. The number of aryl methyl sites for hydroxylation is 4. The molecule has 0 spiro atoms. The van der Waals surface area contributed by atoms with Crippen LogP contribution < -0.4 is 11.2 Å². The number of imidazole rings is 1. The summed E-state index contributed by atoms with van der Waals surface area (Å²) in [5.41, 5.74) is 0.687. The number of carbonyl (C=O) groups excluding carboxylic acids is 1. The first kappa shape index (κ1) is 19.7. The van der Waals surface area contributed by atoms with Crippen LogP contribution in [-0.4, -0.2) is 25.1 Å². The number of hydrogen-bond acceptors (Lipinski definition) is 6. The molecule has 3 rings (SSSR count). The van der Waals surface area contributed by atoms with Crippen LogP contribution >= 0.6 is 0 Å². The highest BCUT2D eigenvalue weighted by atomic mass is 16.5. The highest BCUT2D eigenvalue weighted by Gasteiger charge is 2.22. The summed E-state index contributed by atoms with van der Waals surface area (Å²) in [5.74, 6) is 1.02. The molecule has 28 heavy (non-hydrogen) atoms. The summed E-state index contributed by atoms with van der Waals surface area (Å²) in [6.07, 6.45) is 1.67. The summed E-state index contributed by atoms with van der Waals surface area (Å²) in [6, 6.07) is 0. The number of nitrogens with one attached hydrogen (secondary N) is 1. The Balaban J connectivity index is 1.95. The quantitative estimate of drug-likeness (QED) is 0.647. The average molecular weight is 388 g/mol. The molecule has 9 nitrogen and oxygen atoms in total. The molecule has 3 heterocycles. The first-order valence-corrected chi connectivity index (χ1v) is 9.18. The molecule has 0 aromatic carbocycles. The Labute approximate surface area is 161 Å². The van der Waals surface area contributed by atoms with E-state index in [-0.39, 0.29) is 12.1 Å². The number of unbranched alkanes of at least 4 members (excludes halogenated alkanes) is 1. The number of nitrogens with zero attached hydrogens (tertiary/aromatic N) is 3. The zero-order valence-corrected chi connectivity index (χ0v) is 16.7. The van der Waals surface area contributed by atoms with Crippen LogP contribution in [0.4, 0.5) is 0 Å². The molecule has 0 saturated heterocycles. The van der Waals surface area contributed by atoms with Crippen molar-refractivity contribution >= 4 is 17.1 Å². The molecule has 0 atom stereocenters. The van der Waals surface area contributed by atoms with Crippen molar-refractivity contribution in [3.05, 3.63) is 49.3 Å². The molecule has 0 saturated carbocycles. The minimum absolute atomic E-state index is 0.130. The summed E-state index contributed by atoms with van der Waals surface area (Å²) in [4.78, 5) is 43.7. The Morgan fingerprint density at radius 1 is 1.21 bits per heavy atom. The van der Waals surface area contributed by atoms with Gasteiger partial charge in [-0.1, -0.05) is 13.3 Å². The predicted molar refractivity (Wildman–Crippen MR) is 103 cm³/mol. The fourth-order valence-corrected chi connectivity index (χ4v) is 3.24. The molecule has 0 bridgehead atoms. The van der Waals surface area contributed by atoms with Gasteiger partial charge in [0, 0.05) is 19.2 Å². The van der Waals surface area contributed by atoms with Gasteiger partial charge < -0.3 is 13.7 Å². The topological polar surface area (TPSA) is 112 Å². The van der Waals surface area contributed by atoms with Gasteiger partial charge in [0.2, 0.25) is 0 Å². The Hall–Kier alpha value is -3.10. The number of aromatic amines is 1. The lowest BCUT2D eigenvalue weighted by molar-refractivity contribution is 0.0457. The van der Waals surface area contributed by atoms with Crippen LogP contribution in [0.3, 0.4) is 0 Å². The van der Waals surface area contributed by atoms with Gasteiger partial charge in [-0.15, -0.1) is 0 Å². The van der Waals surface area contributed by atoms with E-state index in [1.54, 1.807) is 32.4 Å².